The van der Waals surface area contributed by atoms with Crippen LogP contribution in [0.3, 0.4) is 0 Å². The fourth-order valence-electron chi connectivity index (χ4n) is 5.42. The Balaban J connectivity index is 1.50. The predicted molar refractivity (Wildman–Crippen MR) is 136 cm³/mol. The molecule has 0 saturated carbocycles. The van der Waals surface area contributed by atoms with Crippen molar-refractivity contribution in [3.63, 3.8) is 0 Å². The number of nitrogens with one attached hydrogen (secondary N) is 1. The van der Waals surface area contributed by atoms with Crippen molar-refractivity contribution in [2.75, 3.05) is 0 Å². The molecule has 4 aromatic rings. The van der Waals surface area contributed by atoms with E-state index < -0.39 is 5.97 Å². The van der Waals surface area contributed by atoms with Gasteiger partial charge < -0.3 is 5.11 Å². The Morgan fingerprint density at radius 3 is 2.50 bits per heavy atom. The molecule has 1 aliphatic heterocycles. The van der Waals surface area contributed by atoms with Gasteiger partial charge in [-0.05, 0) is 53.3 Å². The lowest BCUT2D eigenvalue weighted by Crippen LogP contribution is -2.35. The van der Waals surface area contributed by atoms with Crippen molar-refractivity contribution < 1.29 is 9.90 Å². The van der Waals surface area contributed by atoms with Gasteiger partial charge >= 0.3 is 5.97 Å². The van der Waals surface area contributed by atoms with E-state index in [2.05, 4.69) is 63.4 Å². The lowest BCUT2D eigenvalue weighted by atomic mass is 9.96. The van der Waals surface area contributed by atoms with Gasteiger partial charge in [0.05, 0.1) is 12.5 Å². The Kier molecular flexibility index (Phi) is 6.54. The van der Waals surface area contributed by atoms with Crippen molar-refractivity contribution in [2.45, 2.75) is 64.5 Å². The second-order valence-corrected chi connectivity index (χ2v) is 9.52. The standard InChI is InChI=1S/C27H30N6O3/c1-3-6-24-23(27(36)33-20(16-25(34)35)14-9-17(2)32(24)33)15-18-10-12-19(13-11-18)21-7-4-5-8-22(21)26-28-30-31-29-26/h4-5,7-8,10-13,17,20H,3,6,9,14-16H2,1-2H3,(H,34,35)(H,28,29,30,31). The van der Waals surface area contributed by atoms with E-state index in [0.29, 0.717) is 18.7 Å². The number of carboxylic acid groups (broad SMARTS) is 1. The largest absolute Gasteiger partial charge is 0.481 e. The molecule has 2 atom stereocenters. The third-order valence-electron chi connectivity index (χ3n) is 7.07. The second-order valence-electron chi connectivity index (χ2n) is 9.52. The smallest absolute Gasteiger partial charge is 0.305 e. The Hall–Kier alpha value is -4.01. The molecule has 2 unspecified atom stereocenters. The van der Waals surface area contributed by atoms with Crippen molar-refractivity contribution in [3.05, 3.63) is 75.7 Å². The summed E-state index contributed by atoms with van der Waals surface area (Å²) in [4.78, 5) is 25.1. The molecular formula is C27H30N6O3. The number of H-pyrrole nitrogens is 1. The van der Waals surface area contributed by atoms with E-state index in [1.54, 1.807) is 4.68 Å². The Morgan fingerprint density at radius 2 is 1.83 bits per heavy atom. The molecule has 0 aliphatic carbocycles. The number of hydrogen-bond acceptors (Lipinski definition) is 5. The number of aliphatic carboxylic acids is 1. The number of fused-ring (bicyclic) bond motifs is 1. The van der Waals surface area contributed by atoms with E-state index in [1.165, 1.54) is 0 Å². The maximum absolute atomic E-state index is 13.6. The second kappa shape index (κ2) is 9.93. The normalized spacial score (nSPS) is 17.2. The van der Waals surface area contributed by atoms with Crippen LogP contribution in [0.15, 0.2) is 53.3 Å². The zero-order valence-corrected chi connectivity index (χ0v) is 20.5. The summed E-state index contributed by atoms with van der Waals surface area (Å²) in [6, 6.07) is 16.0. The van der Waals surface area contributed by atoms with Crippen LogP contribution in [0.5, 0.6) is 0 Å². The molecule has 9 heteroatoms. The number of hydrogen-bond donors (Lipinski definition) is 2. The molecule has 0 radical (unpaired) electrons. The fourth-order valence-corrected chi connectivity index (χ4v) is 5.42. The molecule has 9 nitrogen and oxygen atoms in total. The molecule has 0 bridgehead atoms. The van der Waals surface area contributed by atoms with E-state index in [0.717, 1.165) is 52.8 Å². The van der Waals surface area contributed by atoms with Crippen LogP contribution >= 0.6 is 0 Å². The zero-order chi connectivity index (χ0) is 25.2. The van der Waals surface area contributed by atoms with E-state index in [4.69, 9.17) is 0 Å². The minimum atomic E-state index is -0.871. The van der Waals surface area contributed by atoms with Gasteiger partial charge in [-0.3, -0.25) is 14.3 Å². The van der Waals surface area contributed by atoms with Crippen molar-refractivity contribution in [1.82, 2.24) is 30.0 Å². The van der Waals surface area contributed by atoms with E-state index in [-0.39, 0.29) is 24.1 Å². The lowest BCUT2D eigenvalue weighted by molar-refractivity contribution is -0.138. The molecular weight excluding hydrogens is 456 g/mol. The van der Waals surface area contributed by atoms with Gasteiger partial charge in [0.15, 0.2) is 5.82 Å². The first-order valence-electron chi connectivity index (χ1n) is 12.5. The maximum Gasteiger partial charge on any atom is 0.305 e. The average molecular weight is 487 g/mol. The first-order valence-corrected chi connectivity index (χ1v) is 12.5. The van der Waals surface area contributed by atoms with Crippen molar-refractivity contribution in [1.29, 1.82) is 0 Å². The number of aromatic nitrogens is 6. The number of aromatic amines is 1. The summed E-state index contributed by atoms with van der Waals surface area (Å²) in [5, 5.41) is 23.7. The first kappa shape index (κ1) is 23.7. The minimum absolute atomic E-state index is 0.0313. The monoisotopic (exact) mass is 486 g/mol. The molecule has 0 saturated heterocycles. The first-order chi connectivity index (χ1) is 17.5. The van der Waals surface area contributed by atoms with Crippen LogP contribution in [0.2, 0.25) is 0 Å². The summed E-state index contributed by atoms with van der Waals surface area (Å²) in [5.74, 6) is -0.263. The molecule has 186 valence electrons. The summed E-state index contributed by atoms with van der Waals surface area (Å²) in [7, 11) is 0. The van der Waals surface area contributed by atoms with E-state index in [9.17, 15) is 14.7 Å². The van der Waals surface area contributed by atoms with Crippen LogP contribution in [0.1, 0.15) is 68.4 Å². The fraction of sp³-hybridized carbons (Fsp3) is 0.370. The highest BCUT2D eigenvalue weighted by Crippen LogP contribution is 2.33. The topological polar surface area (TPSA) is 119 Å². The van der Waals surface area contributed by atoms with Gasteiger partial charge in [-0.15, -0.1) is 5.10 Å². The van der Waals surface area contributed by atoms with Gasteiger partial charge in [0.2, 0.25) is 0 Å². The molecule has 0 amide bonds. The summed E-state index contributed by atoms with van der Waals surface area (Å²) in [5.41, 5.74) is 5.76. The van der Waals surface area contributed by atoms with Crippen LogP contribution in [0.4, 0.5) is 0 Å². The number of carbonyl (C=O) groups is 1. The van der Waals surface area contributed by atoms with Gasteiger partial charge in [0.25, 0.3) is 5.56 Å². The summed E-state index contributed by atoms with van der Waals surface area (Å²) in [6.07, 6.45) is 3.77. The molecule has 5 rings (SSSR count). The van der Waals surface area contributed by atoms with Crippen molar-refractivity contribution in [3.8, 4) is 22.5 Å². The highest BCUT2D eigenvalue weighted by atomic mass is 16.4. The predicted octanol–water partition coefficient (Wildman–Crippen LogP) is 4.41. The molecule has 3 heterocycles. The lowest BCUT2D eigenvalue weighted by Gasteiger charge is -2.32. The molecule has 2 aromatic heterocycles. The molecule has 0 fully saturated rings. The molecule has 2 N–H and O–H groups in total. The van der Waals surface area contributed by atoms with Crippen LogP contribution in [0, 0.1) is 0 Å². The minimum Gasteiger partial charge on any atom is -0.481 e. The van der Waals surface area contributed by atoms with E-state index in [1.807, 2.05) is 24.3 Å². The van der Waals surface area contributed by atoms with Crippen LogP contribution in [-0.4, -0.2) is 41.1 Å². The number of tetrazole rings is 1. The zero-order valence-electron chi connectivity index (χ0n) is 20.5. The van der Waals surface area contributed by atoms with Crippen LogP contribution < -0.4 is 5.56 Å². The third-order valence-corrected chi connectivity index (χ3v) is 7.07. The Labute approximate surface area is 208 Å². The number of nitrogens with zero attached hydrogens (tertiary/aromatic N) is 5. The summed E-state index contributed by atoms with van der Waals surface area (Å²) in [6.45, 7) is 4.23. The number of benzene rings is 2. The summed E-state index contributed by atoms with van der Waals surface area (Å²) < 4.78 is 3.83. The van der Waals surface area contributed by atoms with Gasteiger partial charge in [-0.25, -0.2) is 9.78 Å². The Bertz CT molecular complexity index is 1420. The molecule has 36 heavy (non-hydrogen) atoms. The van der Waals surface area contributed by atoms with Crippen LogP contribution in [-0.2, 0) is 17.6 Å². The van der Waals surface area contributed by atoms with Crippen molar-refractivity contribution in [2.24, 2.45) is 0 Å². The van der Waals surface area contributed by atoms with Gasteiger partial charge in [0.1, 0.15) is 0 Å². The van der Waals surface area contributed by atoms with Crippen LogP contribution in [0.25, 0.3) is 22.5 Å². The molecule has 1 aliphatic rings. The van der Waals surface area contributed by atoms with Gasteiger partial charge in [-0.1, -0.05) is 61.9 Å². The quantitative estimate of drug-likeness (QED) is 0.381. The Morgan fingerprint density at radius 1 is 1.08 bits per heavy atom. The highest BCUT2D eigenvalue weighted by Gasteiger charge is 2.32. The highest BCUT2D eigenvalue weighted by molar-refractivity contribution is 5.80. The summed E-state index contributed by atoms with van der Waals surface area (Å²) >= 11 is 0. The van der Waals surface area contributed by atoms with Gasteiger partial charge in [0, 0.05) is 29.3 Å². The maximum atomic E-state index is 13.6. The number of rotatable bonds is 8. The van der Waals surface area contributed by atoms with Crippen molar-refractivity contribution >= 4 is 5.97 Å². The average Bonchev–Trinajstić information content (AvgIpc) is 3.50. The molecule has 0 spiro atoms. The van der Waals surface area contributed by atoms with Gasteiger partial charge in [-0.2, -0.15) is 0 Å². The SMILES string of the molecule is CCCc1c(Cc2ccc(-c3ccccc3-c3nnn[nH]3)cc2)c(=O)n2n1C(C)CCC2CC(=O)O. The van der Waals surface area contributed by atoms with E-state index >= 15 is 0 Å². The number of carboxylic acids is 1. The molecule has 2 aromatic carbocycles. The third kappa shape index (κ3) is 4.36.